The summed E-state index contributed by atoms with van der Waals surface area (Å²) in [6, 6.07) is 9.51. The van der Waals surface area contributed by atoms with Gasteiger partial charge in [-0.25, -0.2) is 13.8 Å². The molecule has 1 saturated heterocycles. The van der Waals surface area contributed by atoms with E-state index in [1.807, 2.05) is 11.8 Å². The maximum absolute atomic E-state index is 14.0. The molecule has 2 N–H and O–H groups in total. The molecule has 2 atom stereocenters. The van der Waals surface area contributed by atoms with Crippen molar-refractivity contribution < 1.29 is 13.5 Å². The van der Waals surface area contributed by atoms with Gasteiger partial charge >= 0.3 is 0 Å². The number of nitrogens with one attached hydrogen (secondary N) is 2. The number of benzene rings is 1. The van der Waals surface area contributed by atoms with Crippen molar-refractivity contribution in [3.63, 3.8) is 0 Å². The van der Waals surface area contributed by atoms with Crippen molar-refractivity contribution in [1.29, 1.82) is 0 Å². The van der Waals surface area contributed by atoms with Gasteiger partial charge in [-0.15, -0.1) is 24.0 Å². The predicted octanol–water partition coefficient (Wildman–Crippen LogP) is 3.58. The summed E-state index contributed by atoms with van der Waals surface area (Å²) < 4.78 is 33.5. The van der Waals surface area contributed by atoms with Crippen molar-refractivity contribution in [2.45, 2.75) is 31.9 Å². The van der Waals surface area contributed by atoms with E-state index in [0.29, 0.717) is 31.3 Å². The van der Waals surface area contributed by atoms with Crippen molar-refractivity contribution in [1.82, 2.24) is 15.6 Å². The smallest absolute Gasteiger partial charge is 0.191 e. The molecule has 1 aromatic heterocycles. The summed E-state index contributed by atoms with van der Waals surface area (Å²) in [4.78, 5) is 10.3. The SMILES string of the molecule is CCC(CNC(=NC)NC1CCN(c2ncccc2F)C1)Oc1ccccc1F.I. The fraction of sp³-hybridized carbons (Fsp3) is 0.429. The van der Waals surface area contributed by atoms with Gasteiger partial charge in [0.1, 0.15) is 6.10 Å². The summed E-state index contributed by atoms with van der Waals surface area (Å²) in [6.07, 6.45) is 2.96. The lowest BCUT2D eigenvalue weighted by Crippen LogP contribution is -2.47. The summed E-state index contributed by atoms with van der Waals surface area (Å²) in [5.74, 6) is 0.568. The summed E-state index contributed by atoms with van der Waals surface area (Å²) in [5.41, 5.74) is 0. The Labute approximate surface area is 193 Å². The molecule has 30 heavy (non-hydrogen) atoms. The zero-order valence-electron chi connectivity index (χ0n) is 17.1. The highest BCUT2D eigenvalue weighted by Crippen LogP contribution is 2.21. The van der Waals surface area contributed by atoms with Crippen LogP contribution in [0.4, 0.5) is 14.6 Å². The minimum atomic E-state index is -0.374. The molecule has 3 rings (SSSR count). The Bertz CT molecular complexity index is 839. The minimum Gasteiger partial charge on any atom is -0.486 e. The highest BCUT2D eigenvalue weighted by molar-refractivity contribution is 14.0. The molecular formula is C21H28F2IN5O. The third kappa shape index (κ3) is 6.41. The number of nitrogens with zero attached hydrogens (tertiary/aromatic N) is 3. The first kappa shape index (κ1) is 24.1. The van der Waals surface area contributed by atoms with Crippen LogP contribution in [0.3, 0.4) is 0 Å². The van der Waals surface area contributed by atoms with Gasteiger partial charge in [-0.05, 0) is 37.1 Å². The second-order valence-corrected chi connectivity index (χ2v) is 6.92. The van der Waals surface area contributed by atoms with E-state index in [9.17, 15) is 8.78 Å². The van der Waals surface area contributed by atoms with Gasteiger partial charge in [0.15, 0.2) is 29.2 Å². The molecule has 2 aromatic rings. The second kappa shape index (κ2) is 11.9. The average molecular weight is 531 g/mol. The first-order valence-electron chi connectivity index (χ1n) is 9.84. The van der Waals surface area contributed by atoms with Crippen LogP contribution >= 0.6 is 24.0 Å². The number of aromatic nitrogens is 1. The molecule has 0 aliphatic carbocycles. The summed E-state index contributed by atoms with van der Waals surface area (Å²) in [7, 11) is 1.69. The molecule has 0 bridgehead atoms. The van der Waals surface area contributed by atoms with Gasteiger partial charge in [-0.2, -0.15) is 0 Å². The molecule has 164 valence electrons. The topological polar surface area (TPSA) is 61.8 Å². The van der Waals surface area contributed by atoms with Gasteiger partial charge < -0.3 is 20.3 Å². The van der Waals surface area contributed by atoms with Crippen LogP contribution < -0.4 is 20.3 Å². The van der Waals surface area contributed by atoms with Gasteiger partial charge in [0, 0.05) is 32.4 Å². The van der Waals surface area contributed by atoms with Gasteiger partial charge in [0.2, 0.25) is 0 Å². The lowest BCUT2D eigenvalue weighted by atomic mass is 10.2. The molecule has 2 unspecified atom stereocenters. The van der Waals surface area contributed by atoms with E-state index in [-0.39, 0.29) is 53.5 Å². The number of guanidine groups is 1. The molecule has 0 saturated carbocycles. The van der Waals surface area contributed by atoms with Crippen LogP contribution in [-0.2, 0) is 0 Å². The average Bonchev–Trinajstić information content (AvgIpc) is 3.20. The summed E-state index contributed by atoms with van der Waals surface area (Å²) >= 11 is 0. The van der Waals surface area contributed by atoms with E-state index in [1.165, 1.54) is 12.1 Å². The fourth-order valence-corrected chi connectivity index (χ4v) is 3.27. The van der Waals surface area contributed by atoms with Crippen LogP contribution in [0.25, 0.3) is 0 Å². The van der Waals surface area contributed by atoms with Crippen molar-refractivity contribution in [2.24, 2.45) is 4.99 Å². The molecule has 1 fully saturated rings. The molecular weight excluding hydrogens is 503 g/mol. The normalized spacial score (nSPS) is 17.3. The molecule has 1 aliphatic heterocycles. The predicted molar refractivity (Wildman–Crippen MR) is 126 cm³/mol. The van der Waals surface area contributed by atoms with Crippen LogP contribution in [0.5, 0.6) is 5.75 Å². The highest BCUT2D eigenvalue weighted by atomic mass is 127. The van der Waals surface area contributed by atoms with Crippen LogP contribution in [0, 0.1) is 11.6 Å². The Morgan fingerprint density at radius 2 is 2.03 bits per heavy atom. The summed E-state index contributed by atoms with van der Waals surface area (Å²) in [6.45, 7) is 3.82. The molecule has 9 heteroatoms. The summed E-state index contributed by atoms with van der Waals surface area (Å²) in [5, 5.41) is 6.59. The monoisotopic (exact) mass is 531 g/mol. The zero-order valence-corrected chi connectivity index (χ0v) is 19.5. The number of para-hydroxylation sites is 1. The van der Waals surface area contributed by atoms with Gasteiger partial charge in [-0.1, -0.05) is 19.1 Å². The lowest BCUT2D eigenvalue weighted by molar-refractivity contribution is 0.191. The third-order valence-corrected chi connectivity index (χ3v) is 4.87. The van der Waals surface area contributed by atoms with Gasteiger partial charge in [0.25, 0.3) is 0 Å². The van der Waals surface area contributed by atoms with Crippen LogP contribution in [0.2, 0.25) is 0 Å². The highest BCUT2D eigenvalue weighted by Gasteiger charge is 2.26. The molecule has 0 radical (unpaired) electrons. The van der Waals surface area contributed by atoms with E-state index in [2.05, 4.69) is 20.6 Å². The lowest BCUT2D eigenvalue weighted by Gasteiger charge is -2.22. The second-order valence-electron chi connectivity index (χ2n) is 6.92. The molecule has 1 aliphatic rings. The Hall–Kier alpha value is -2.17. The van der Waals surface area contributed by atoms with Crippen molar-refractivity contribution in [3.8, 4) is 5.75 Å². The fourth-order valence-electron chi connectivity index (χ4n) is 3.27. The first-order chi connectivity index (χ1) is 14.1. The Balaban J connectivity index is 0.00000320. The van der Waals surface area contributed by atoms with Gasteiger partial charge in [-0.3, -0.25) is 4.99 Å². The van der Waals surface area contributed by atoms with E-state index in [1.54, 1.807) is 37.5 Å². The number of halogens is 3. The standard InChI is InChI=1S/C21H27F2N5O.HI/c1-3-16(29-19-9-5-4-7-17(19)22)13-26-21(24-2)27-15-10-12-28(14-15)20-18(23)8-6-11-25-20;/h4-9,11,15-16H,3,10,12-14H2,1-2H3,(H2,24,26,27);1H. The van der Waals surface area contributed by atoms with Crippen molar-refractivity contribution >= 4 is 35.8 Å². The maximum Gasteiger partial charge on any atom is 0.191 e. The van der Waals surface area contributed by atoms with E-state index in [0.717, 1.165) is 13.0 Å². The van der Waals surface area contributed by atoms with E-state index in [4.69, 9.17) is 4.74 Å². The number of hydrogen-bond acceptors (Lipinski definition) is 4. The zero-order chi connectivity index (χ0) is 20.6. The molecule has 0 spiro atoms. The largest absolute Gasteiger partial charge is 0.486 e. The van der Waals surface area contributed by atoms with Crippen molar-refractivity contribution in [2.75, 3.05) is 31.6 Å². The minimum absolute atomic E-state index is 0. The van der Waals surface area contributed by atoms with E-state index < -0.39 is 0 Å². The number of ether oxygens (including phenoxy) is 1. The number of pyridine rings is 1. The Morgan fingerprint density at radius 3 is 2.73 bits per heavy atom. The maximum atomic E-state index is 14.0. The van der Waals surface area contributed by atoms with Crippen molar-refractivity contribution in [3.05, 3.63) is 54.2 Å². The number of aliphatic imine (C=N–C) groups is 1. The Morgan fingerprint density at radius 1 is 1.27 bits per heavy atom. The van der Waals surface area contributed by atoms with Gasteiger partial charge in [0.05, 0.1) is 6.54 Å². The third-order valence-electron chi connectivity index (χ3n) is 4.87. The molecule has 2 heterocycles. The number of rotatable bonds is 7. The van der Waals surface area contributed by atoms with Crippen LogP contribution in [0.1, 0.15) is 19.8 Å². The molecule has 0 amide bonds. The van der Waals surface area contributed by atoms with E-state index >= 15 is 0 Å². The molecule has 6 nitrogen and oxygen atoms in total. The Kier molecular flexibility index (Phi) is 9.54. The number of hydrogen-bond donors (Lipinski definition) is 2. The first-order valence-corrected chi connectivity index (χ1v) is 9.84. The van der Waals surface area contributed by atoms with Crippen LogP contribution in [-0.4, -0.2) is 49.8 Å². The number of anilines is 1. The molecule has 1 aromatic carbocycles. The quantitative estimate of drug-likeness (QED) is 0.325. The van der Waals surface area contributed by atoms with Crippen LogP contribution in [0.15, 0.2) is 47.6 Å².